The van der Waals surface area contributed by atoms with Gasteiger partial charge in [-0.1, -0.05) is 35.5 Å². The third-order valence-electron chi connectivity index (χ3n) is 8.56. The van der Waals surface area contributed by atoms with Gasteiger partial charge in [-0.15, -0.1) is 0 Å². The minimum Gasteiger partial charge on any atom is -0.394 e. The van der Waals surface area contributed by atoms with E-state index >= 15 is 0 Å². The van der Waals surface area contributed by atoms with Gasteiger partial charge < -0.3 is 30.3 Å². The van der Waals surface area contributed by atoms with Crippen molar-refractivity contribution in [1.29, 1.82) is 0 Å². The molecule has 0 amide bonds. The number of hydrogen-bond donors (Lipinski definition) is 5. The van der Waals surface area contributed by atoms with E-state index in [0.717, 1.165) is 50.3 Å². The molecular weight excluding hydrogens is 522 g/mol. The summed E-state index contributed by atoms with van der Waals surface area (Å²) in [5.41, 5.74) is 5.86. The number of aliphatic hydroxyl groups is 2. The smallest absolute Gasteiger partial charge is 0.261 e. The average molecular weight is 556 g/mol. The van der Waals surface area contributed by atoms with Crippen LogP contribution in [0.4, 0.5) is 23.1 Å². The molecule has 4 aliphatic rings. The Morgan fingerprint density at radius 3 is 2.61 bits per heavy atom. The number of aromatic nitrogens is 4. The van der Waals surface area contributed by atoms with E-state index in [1.165, 1.54) is 0 Å². The number of fused-ring (bicyclic) bond motifs is 4. The predicted molar refractivity (Wildman–Crippen MR) is 153 cm³/mol. The molecule has 0 saturated carbocycles. The first-order valence-electron chi connectivity index (χ1n) is 14.0. The number of hydrogen-bond acceptors (Lipinski definition) is 12. The van der Waals surface area contributed by atoms with Crippen molar-refractivity contribution in [2.75, 3.05) is 48.9 Å². The van der Waals surface area contributed by atoms with Crippen molar-refractivity contribution in [2.45, 2.75) is 36.9 Å². The SMILES string of the molecule is CN1NC(O)c2ccc(Nc3cc(N[C@H](CO)c4ccccc4)c(-c4nc(C56CCN(CC5)CC6)no4)cn3)nc21. The Bertz CT molecular complexity index is 1520. The molecule has 12 heteroatoms. The molecule has 0 spiro atoms. The summed E-state index contributed by atoms with van der Waals surface area (Å²) in [5.74, 6) is 2.91. The summed E-state index contributed by atoms with van der Waals surface area (Å²) in [6.45, 7) is 3.08. The van der Waals surface area contributed by atoms with Gasteiger partial charge >= 0.3 is 0 Å². The number of aliphatic hydroxyl groups excluding tert-OH is 2. The van der Waals surface area contributed by atoms with Gasteiger partial charge in [0.1, 0.15) is 11.6 Å². The Kier molecular flexibility index (Phi) is 6.54. The zero-order chi connectivity index (χ0) is 28.0. The normalized spacial score (nSPS) is 23.8. The van der Waals surface area contributed by atoms with Crippen LogP contribution in [0, 0.1) is 0 Å². The van der Waals surface area contributed by atoms with Gasteiger partial charge in [-0.05, 0) is 56.6 Å². The van der Waals surface area contributed by atoms with Gasteiger partial charge in [-0.3, -0.25) is 5.01 Å². The molecule has 1 unspecified atom stereocenters. The highest BCUT2D eigenvalue weighted by Crippen LogP contribution is 2.42. The summed E-state index contributed by atoms with van der Waals surface area (Å²) in [6.07, 6.45) is 4.02. The second-order valence-electron chi connectivity index (χ2n) is 11.0. The van der Waals surface area contributed by atoms with Gasteiger partial charge in [-0.25, -0.2) is 15.4 Å². The lowest BCUT2D eigenvalue weighted by Crippen LogP contribution is -2.51. The van der Waals surface area contributed by atoms with Crippen molar-refractivity contribution >= 4 is 23.1 Å². The van der Waals surface area contributed by atoms with E-state index in [1.54, 1.807) is 24.3 Å². The highest BCUT2D eigenvalue weighted by molar-refractivity contribution is 5.76. The van der Waals surface area contributed by atoms with Crippen LogP contribution in [0.3, 0.4) is 0 Å². The number of piperidine rings is 3. The van der Waals surface area contributed by atoms with Crippen molar-refractivity contribution in [3.63, 3.8) is 0 Å². The number of hydrazine groups is 1. The Balaban J connectivity index is 1.22. The van der Waals surface area contributed by atoms with Crippen molar-refractivity contribution in [2.24, 2.45) is 0 Å². The maximum atomic E-state index is 10.3. The van der Waals surface area contributed by atoms with Crippen LogP contribution in [-0.2, 0) is 5.41 Å². The quantitative estimate of drug-likeness (QED) is 0.218. The topological polar surface area (TPSA) is 148 Å². The van der Waals surface area contributed by atoms with Crippen LogP contribution in [-0.4, -0.2) is 68.5 Å². The van der Waals surface area contributed by atoms with Gasteiger partial charge in [0.05, 0.1) is 23.9 Å². The van der Waals surface area contributed by atoms with Crippen LogP contribution >= 0.6 is 0 Å². The number of pyridine rings is 2. The highest BCUT2D eigenvalue weighted by Gasteiger charge is 2.44. The molecule has 4 aliphatic heterocycles. The van der Waals surface area contributed by atoms with Crippen molar-refractivity contribution in [3.05, 3.63) is 71.7 Å². The van der Waals surface area contributed by atoms with Crippen LogP contribution in [0.2, 0.25) is 0 Å². The molecule has 2 atom stereocenters. The molecule has 41 heavy (non-hydrogen) atoms. The van der Waals surface area contributed by atoms with Crippen LogP contribution in [0.15, 0.2) is 59.3 Å². The second-order valence-corrected chi connectivity index (χ2v) is 11.0. The fourth-order valence-electron chi connectivity index (χ4n) is 6.09. The van der Waals surface area contributed by atoms with Crippen molar-refractivity contribution < 1.29 is 14.7 Å². The lowest BCUT2D eigenvalue weighted by molar-refractivity contribution is 0.0747. The zero-order valence-corrected chi connectivity index (χ0v) is 22.8. The molecule has 3 saturated heterocycles. The first kappa shape index (κ1) is 25.8. The lowest BCUT2D eigenvalue weighted by atomic mass is 9.71. The van der Waals surface area contributed by atoms with Crippen LogP contribution in [0.1, 0.15) is 48.5 Å². The molecule has 5 N–H and O–H groups in total. The van der Waals surface area contributed by atoms with Gasteiger partial charge in [0, 0.05) is 30.3 Å². The average Bonchev–Trinajstić information content (AvgIpc) is 3.62. The van der Waals surface area contributed by atoms with E-state index in [4.69, 9.17) is 9.51 Å². The molecule has 4 aromatic rings. The first-order chi connectivity index (χ1) is 20.0. The number of nitrogens with one attached hydrogen (secondary N) is 3. The number of nitrogens with zero attached hydrogens (tertiary/aromatic N) is 6. The molecule has 12 nitrogen and oxygen atoms in total. The van der Waals surface area contributed by atoms with Crippen LogP contribution in [0.5, 0.6) is 0 Å². The fraction of sp³-hybridized carbons (Fsp3) is 0.379. The Morgan fingerprint density at radius 1 is 1.07 bits per heavy atom. The number of benzene rings is 1. The monoisotopic (exact) mass is 555 g/mol. The van der Waals surface area contributed by atoms with Crippen molar-refractivity contribution in [3.8, 4) is 11.5 Å². The summed E-state index contributed by atoms with van der Waals surface area (Å²) in [6, 6.07) is 14.9. The predicted octanol–water partition coefficient (Wildman–Crippen LogP) is 3.10. The molecule has 8 rings (SSSR count). The minimum absolute atomic E-state index is 0.0362. The standard InChI is InChI=1S/C29H33N9O3/c1-37-25-19(26(40)35-37)7-8-23(33-25)32-24-15-21(31-22(17-39)18-5-3-2-4-6-18)20(16-30-24)27-34-28(36-41-27)29-9-12-38(13-10-29)14-11-29/h2-8,15-16,22,26,35,39-40H,9-14,17H2,1H3,(H2,30,31,32,33)/t22-,26?/m1/s1. The number of anilines is 4. The van der Waals surface area contributed by atoms with E-state index in [2.05, 4.69) is 36.1 Å². The first-order valence-corrected chi connectivity index (χ1v) is 14.0. The maximum absolute atomic E-state index is 10.3. The summed E-state index contributed by atoms with van der Waals surface area (Å²) in [5, 5.41) is 33.3. The van der Waals surface area contributed by atoms with Gasteiger partial charge in [0.2, 0.25) is 0 Å². The third kappa shape index (κ3) is 4.78. The Hall–Kier alpha value is -4.10. The zero-order valence-electron chi connectivity index (χ0n) is 22.8. The fourth-order valence-corrected chi connectivity index (χ4v) is 6.09. The largest absolute Gasteiger partial charge is 0.394 e. The van der Waals surface area contributed by atoms with E-state index in [9.17, 15) is 10.2 Å². The summed E-state index contributed by atoms with van der Waals surface area (Å²) in [7, 11) is 1.80. The van der Waals surface area contributed by atoms with E-state index in [1.807, 2.05) is 42.5 Å². The molecule has 1 aromatic carbocycles. The van der Waals surface area contributed by atoms with Crippen LogP contribution in [0.25, 0.3) is 11.5 Å². The van der Waals surface area contributed by atoms with Crippen LogP contribution < -0.4 is 21.1 Å². The summed E-state index contributed by atoms with van der Waals surface area (Å²) < 4.78 is 5.85. The van der Waals surface area contributed by atoms with Gasteiger partial charge in [0.25, 0.3) is 5.89 Å². The lowest BCUT2D eigenvalue weighted by Gasteiger charge is -2.46. The highest BCUT2D eigenvalue weighted by atomic mass is 16.5. The van der Waals surface area contributed by atoms with Gasteiger partial charge in [-0.2, -0.15) is 4.98 Å². The summed E-state index contributed by atoms with van der Waals surface area (Å²) in [4.78, 5) is 16.7. The molecule has 3 fully saturated rings. The molecule has 3 aromatic heterocycles. The summed E-state index contributed by atoms with van der Waals surface area (Å²) >= 11 is 0. The van der Waals surface area contributed by atoms with Crippen molar-refractivity contribution in [1.82, 2.24) is 30.4 Å². The molecule has 7 heterocycles. The molecule has 212 valence electrons. The maximum Gasteiger partial charge on any atom is 0.261 e. The van der Waals surface area contributed by atoms with E-state index in [0.29, 0.717) is 40.2 Å². The Morgan fingerprint density at radius 2 is 1.85 bits per heavy atom. The molecule has 2 bridgehead atoms. The Labute approximate surface area is 237 Å². The van der Waals surface area contributed by atoms with E-state index in [-0.39, 0.29) is 18.1 Å². The van der Waals surface area contributed by atoms with E-state index < -0.39 is 6.23 Å². The third-order valence-corrected chi connectivity index (χ3v) is 8.56. The minimum atomic E-state index is -0.793. The van der Waals surface area contributed by atoms with Gasteiger partial charge in [0.15, 0.2) is 17.9 Å². The molecular formula is C29H33N9O3. The second kappa shape index (κ2) is 10.4. The number of rotatable bonds is 8. The molecule has 0 radical (unpaired) electrons. The molecule has 0 aliphatic carbocycles.